The van der Waals surface area contributed by atoms with Crippen LogP contribution in [0.5, 0.6) is 0 Å². The number of hydrogen-bond acceptors (Lipinski definition) is 1. The van der Waals surface area contributed by atoms with E-state index in [4.69, 9.17) is 0 Å². The maximum Gasteiger partial charge on any atom is 0.165 e. The largest absolute Gasteiger partial charge is 0.354 e. The van der Waals surface area contributed by atoms with Gasteiger partial charge in [0.1, 0.15) is 0 Å². The van der Waals surface area contributed by atoms with Crippen LogP contribution in [0.1, 0.15) is 48.9 Å². The molecule has 0 spiro atoms. The summed E-state index contributed by atoms with van der Waals surface area (Å²) in [6.45, 7) is 0. The van der Waals surface area contributed by atoms with Gasteiger partial charge in [0.15, 0.2) is 5.78 Å². The smallest absolute Gasteiger partial charge is 0.165 e. The molecule has 1 fully saturated rings. The average Bonchev–Trinajstić information content (AvgIpc) is 3.03. The Kier molecular flexibility index (Phi) is 4.20. The van der Waals surface area contributed by atoms with Crippen LogP contribution in [0.2, 0.25) is 0 Å². The highest BCUT2D eigenvalue weighted by atomic mass is 16.1. The lowest BCUT2D eigenvalue weighted by Gasteiger charge is -2.20. The number of ketones is 1. The molecule has 1 aliphatic rings. The van der Waals surface area contributed by atoms with E-state index in [0.717, 1.165) is 27.7 Å². The lowest BCUT2D eigenvalue weighted by molar-refractivity contribution is 0.0952. The molecule has 1 N–H and O–H groups in total. The van der Waals surface area contributed by atoms with Crippen LogP contribution in [-0.4, -0.2) is 10.8 Å². The first-order chi connectivity index (χ1) is 11.8. The molecule has 1 heterocycles. The number of carbonyl (C=O) groups is 1. The van der Waals surface area contributed by atoms with Gasteiger partial charge in [-0.15, -0.1) is 0 Å². The normalized spacial score (nSPS) is 15.7. The molecule has 0 aliphatic heterocycles. The fourth-order valence-electron chi connectivity index (χ4n) is 4.01. The predicted octanol–water partition coefficient (Wildman–Crippen LogP) is 5.99. The zero-order valence-corrected chi connectivity index (χ0v) is 13.9. The summed E-state index contributed by atoms with van der Waals surface area (Å²) in [5.41, 5.74) is 3.98. The van der Waals surface area contributed by atoms with Gasteiger partial charge in [0.2, 0.25) is 0 Å². The van der Waals surface area contributed by atoms with Crippen LogP contribution in [0.4, 0.5) is 0 Å². The van der Waals surface area contributed by atoms with Crippen molar-refractivity contribution >= 4 is 16.7 Å². The first-order valence-electron chi connectivity index (χ1n) is 9.02. The molecule has 1 saturated carbocycles. The summed E-state index contributed by atoms with van der Waals surface area (Å²) in [5, 5.41) is 1.05. The molecule has 0 amide bonds. The fourth-order valence-corrected chi connectivity index (χ4v) is 4.01. The molecule has 3 aromatic rings. The Bertz CT molecular complexity index is 841. The number of benzene rings is 2. The number of nitrogens with one attached hydrogen (secondary N) is 1. The molecule has 0 atom stereocenters. The summed E-state index contributed by atoms with van der Waals surface area (Å²) in [6, 6.07) is 18.4. The lowest BCUT2D eigenvalue weighted by atomic mass is 9.84. The first kappa shape index (κ1) is 15.2. The van der Waals surface area contributed by atoms with E-state index in [2.05, 4.69) is 29.2 Å². The number of hydrogen-bond donors (Lipinski definition) is 1. The maximum atomic E-state index is 13.2. The number of para-hydroxylation sites is 1. The van der Waals surface area contributed by atoms with Crippen LogP contribution in [-0.2, 0) is 0 Å². The van der Waals surface area contributed by atoms with Crippen molar-refractivity contribution in [1.29, 1.82) is 0 Å². The number of Topliss-reactive ketones (excluding diaryl/α,β-unsaturated/α-hetero) is 1. The second-order valence-corrected chi connectivity index (χ2v) is 6.92. The van der Waals surface area contributed by atoms with Gasteiger partial charge in [0.05, 0.1) is 11.3 Å². The number of H-pyrrole nitrogens is 1. The van der Waals surface area contributed by atoms with Gasteiger partial charge in [-0.25, -0.2) is 0 Å². The van der Waals surface area contributed by atoms with Crippen molar-refractivity contribution in [1.82, 2.24) is 4.98 Å². The Balaban J connectivity index is 1.76. The van der Waals surface area contributed by atoms with Gasteiger partial charge in [-0.2, -0.15) is 0 Å². The molecule has 0 bridgehead atoms. The highest BCUT2D eigenvalue weighted by Crippen LogP contribution is 2.34. The zero-order valence-electron chi connectivity index (χ0n) is 13.9. The van der Waals surface area contributed by atoms with E-state index in [9.17, 15) is 4.79 Å². The third-order valence-corrected chi connectivity index (χ3v) is 5.25. The van der Waals surface area contributed by atoms with Gasteiger partial charge in [0.25, 0.3) is 0 Å². The Labute approximate surface area is 142 Å². The van der Waals surface area contributed by atoms with Gasteiger partial charge in [-0.3, -0.25) is 4.79 Å². The minimum absolute atomic E-state index is 0.290. The Morgan fingerprint density at radius 2 is 1.62 bits per heavy atom. The summed E-state index contributed by atoms with van der Waals surface area (Å²) in [6.07, 6.45) is 6.97. The Morgan fingerprint density at radius 3 is 2.42 bits per heavy atom. The van der Waals surface area contributed by atoms with Crippen LogP contribution in [0.15, 0.2) is 54.6 Å². The minimum Gasteiger partial charge on any atom is -0.354 e. The van der Waals surface area contributed by atoms with E-state index in [-0.39, 0.29) is 0 Å². The van der Waals surface area contributed by atoms with E-state index in [0.29, 0.717) is 18.1 Å². The Hall–Kier alpha value is -2.35. The highest BCUT2D eigenvalue weighted by Gasteiger charge is 2.23. The molecular weight excluding hydrogens is 294 g/mol. The first-order valence-corrected chi connectivity index (χ1v) is 9.02. The molecule has 2 heteroatoms. The number of aromatic nitrogens is 1. The molecule has 4 rings (SSSR count). The number of fused-ring (bicyclic) bond motifs is 1. The number of carbonyl (C=O) groups excluding carboxylic acids is 1. The maximum absolute atomic E-state index is 13.2. The molecular formula is C22H23NO. The van der Waals surface area contributed by atoms with Crippen molar-refractivity contribution in [3.8, 4) is 11.3 Å². The van der Waals surface area contributed by atoms with Gasteiger partial charge in [-0.05, 0) is 17.5 Å². The summed E-state index contributed by atoms with van der Waals surface area (Å²) in [7, 11) is 0. The van der Waals surface area contributed by atoms with Crippen molar-refractivity contribution in [2.75, 3.05) is 0 Å². The molecule has 1 aromatic heterocycles. The van der Waals surface area contributed by atoms with Crippen molar-refractivity contribution in [3.63, 3.8) is 0 Å². The third kappa shape index (κ3) is 2.89. The highest BCUT2D eigenvalue weighted by molar-refractivity contribution is 6.13. The zero-order chi connectivity index (χ0) is 16.4. The second kappa shape index (κ2) is 6.64. The predicted molar refractivity (Wildman–Crippen MR) is 99.3 cm³/mol. The minimum atomic E-state index is 0.290. The molecule has 2 nitrogen and oxygen atoms in total. The summed E-state index contributed by atoms with van der Waals surface area (Å²) in [5.74, 6) is 0.849. The van der Waals surface area contributed by atoms with Crippen molar-refractivity contribution in [2.45, 2.75) is 38.5 Å². The topological polar surface area (TPSA) is 32.9 Å². The molecule has 122 valence electrons. The van der Waals surface area contributed by atoms with Crippen molar-refractivity contribution < 1.29 is 4.79 Å². The van der Waals surface area contributed by atoms with E-state index in [1.54, 1.807) is 0 Å². The van der Waals surface area contributed by atoms with Gasteiger partial charge in [0, 0.05) is 17.3 Å². The summed E-state index contributed by atoms with van der Waals surface area (Å²) in [4.78, 5) is 16.6. The standard InChI is InChI=1S/C22H23NO/c24-20(15-16-9-3-1-4-10-16)21-18-13-7-8-14-19(18)23-22(21)17-11-5-2-6-12-17/h2,5-8,11-14,16,23H,1,3-4,9-10,15H2. The van der Waals surface area contributed by atoms with Crippen molar-refractivity contribution in [3.05, 3.63) is 60.2 Å². The van der Waals surface area contributed by atoms with Crippen LogP contribution < -0.4 is 0 Å². The molecule has 0 unspecified atom stereocenters. The van der Waals surface area contributed by atoms with E-state index < -0.39 is 0 Å². The van der Waals surface area contributed by atoms with Gasteiger partial charge in [-0.1, -0.05) is 80.6 Å². The third-order valence-electron chi connectivity index (χ3n) is 5.25. The molecule has 0 radical (unpaired) electrons. The van der Waals surface area contributed by atoms with Crippen LogP contribution in [0.3, 0.4) is 0 Å². The van der Waals surface area contributed by atoms with E-state index in [1.165, 1.54) is 32.1 Å². The number of aromatic amines is 1. The van der Waals surface area contributed by atoms with E-state index >= 15 is 0 Å². The Morgan fingerprint density at radius 1 is 0.917 bits per heavy atom. The quantitative estimate of drug-likeness (QED) is 0.589. The van der Waals surface area contributed by atoms with Gasteiger partial charge < -0.3 is 4.98 Å². The lowest BCUT2D eigenvalue weighted by Crippen LogP contribution is -2.12. The van der Waals surface area contributed by atoms with Crippen LogP contribution in [0.25, 0.3) is 22.2 Å². The SMILES string of the molecule is O=C(CC1CCCCC1)c1c(-c2ccccc2)[nH]c2ccccc12. The molecule has 24 heavy (non-hydrogen) atoms. The molecule has 2 aromatic carbocycles. The monoisotopic (exact) mass is 317 g/mol. The van der Waals surface area contributed by atoms with Crippen LogP contribution >= 0.6 is 0 Å². The molecule has 0 saturated heterocycles. The summed E-state index contributed by atoms with van der Waals surface area (Å²) >= 11 is 0. The van der Waals surface area contributed by atoms with Gasteiger partial charge >= 0.3 is 0 Å². The van der Waals surface area contributed by atoms with Crippen LogP contribution in [0, 0.1) is 5.92 Å². The van der Waals surface area contributed by atoms with Crippen molar-refractivity contribution in [2.24, 2.45) is 5.92 Å². The fraction of sp³-hybridized carbons (Fsp3) is 0.318. The second-order valence-electron chi connectivity index (χ2n) is 6.92. The summed E-state index contributed by atoms with van der Waals surface area (Å²) < 4.78 is 0. The van der Waals surface area contributed by atoms with E-state index in [1.807, 2.05) is 30.3 Å². The molecule has 1 aliphatic carbocycles. The average molecular weight is 317 g/mol. The number of rotatable bonds is 4.